The molecule has 7 heteroatoms. The summed E-state index contributed by atoms with van der Waals surface area (Å²) in [6, 6.07) is 10.6. The average molecular weight is 385 g/mol. The van der Waals surface area contributed by atoms with Crippen LogP contribution in [0.1, 0.15) is 54.3 Å². The van der Waals surface area contributed by atoms with Gasteiger partial charge in [-0.05, 0) is 31.2 Å². The Hall–Kier alpha value is -1.86. The van der Waals surface area contributed by atoms with Gasteiger partial charge in [0.15, 0.2) is 5.16 Å². The monoisotopic (exact) mass is 384 g/mol. The molecular formula is C20H24N4O2S. The first-order valence-corrected chi connectivity index (χ1v) is 10.7. The van der Waals surface area contributed by atoms with Crippen LogP contribution >= 0.6 is 11.8 Å². The van der Waals surface area contributed by atoms with Crippen LogP contribution in [-0.2, 0) is 9.53 Å². The number of hydrogen-bond acceptors (Lipinski definition) is 5. The molecule has 2 aromatic rings. The van der Waals surface area contributed by atoms with Crippen molar-refractivity contribution in [1.82, 2.24) is 19.7 Å². The minimum Gasteiger partial charge on any atom is -0.378 e. The van der Waals surface area contributed by atoms with Gasteiger partial charge in [-0.3, -0.25) is 4.79 Å². The van der Waals surface area contributed by atoms with Gasteiger partial charge in [-0.1, -0.05) is 42.1 Å². The number of rotatable bonds is 6. The minimum atomic E-state index is -0.293. The van der Waals surface area contributed by atoms with Crippen LogP contribution in [0.25, 0.3) is 0 Å². The van der Waals surface area contributed by atoms with Gasteiger partial charge in [-0.2, -0.15) is 0 Å². The lowest BCUT2D eigenvalue weighted by Crippen LogP contribution is -2.42. The van der Waals surface area contributed by atoms with E-state index in [1.165, 1.54) is 25.7 Å². The van der Waals surface area contributed by atoms with Crippen molar-refractivity contribution in [2.24, 2.45) is 0 Å². The van der Waals surface area contributed by atoms with E-state index in [0.717, 1.165) is 16.5 Å². The summed E-state index contributed by atoms with van der Waals surface area (Å²) in [7, 11) is 0. The summed E-state index contributed by atoms with van der Waals surface area (Å²) in [5.41, 5.74) is 1.03. The Labute approximate surface area is 163 Å². The van der Waals surface area contributed by atoms with E-state index in [1.54, 1.807) is 11.8 Å². The van der Waals surface area contributed by atoms with Gasteiger partial charge in [-0.15, -0.1) is 10.2 Å². The fourth-order valence-electron chi connectivity index (χ4n) is 3.61. The molecule has 1 aromatic carbocycles. The number of carbonyl (C=O) groups excluding carboxylic acids is 1. The van der Waals surface area contributed by atoms with Crippen molar-refractivity contribution in [1.29, 1.82) is 0 Å². The molecule has 1 atom stereocenters. The predicted octanol–water partition coefficient (Wildman–Crippen LogP) is 3.18. The number of hydrogen-bond donors (Lipinski definition) is 0. The molecule has 3 fully saturated rings. The number of nitrogens with zero attached hydrogens (tertiary/aromatic N) is 4. The summed E-state index contributed by atoms with van der Waals surface area (Å²) in [4.78, 5) is 15.3. The Morgan fingerprint density at radius 1 is 1.07 bits per heavy atom. The molecule has 3 aliphatic rings. The minimum absolute atomic E-state index is 0.146. The maximum absolute atomic E-state index is 13.3. The Morgan fingerprint density at radius 3 is 2.48 bits per heavy atom. The van der Waals surface area contributed by atoms with Crippen LogP contribution < -0.4 is 0 Å². The average Bonchev–Trinajstić information content (AvgIpc) is 3.66. The number of aromatic nitrogens is 3. The van der Waals surface area contributed by atoms with Crippen molar-refractivity contribution in [3.05, 3.63) is 41.7 Å². The zero-order valence-corrected chi connectivity index (χ0v) is 16.1. The highest BCUT2D eigenvalue weighted by Crippen LogP contribution is 2.47. The molecule has 1 aliphatic heterocycles. The lowest BCUT2D eigenvalue weighted by molar-refractivity contribution is -0.134. The third kappa shape index (κ3) is 3.62. The van der Waals surface area contributed by atoms with E-state index in [-0.39, 0.29) is 11.2 Å². The molecule has 0 unspecified atom stereocenters. The number of ether oxygens (including phenoxy) is 1. The third-order valence-corrected chi connectivity index (χ3v) is 6.62. The standard InChI is InChI=1S/C20H24N4O2S/c25-19(23-10-12-26-13-11-23)17(14-4-2-1-3-5-14)27-20-22-21-18(15-6-7-15)24(20)16-8-9-16/h1-5,15-17H,6-13H2/t17-/m0/s1. The van der Waals surface area contributed by atoms with Crippen molar-refractivity contribution in [2.75, 3.05) is 26.3 Å². The highest BCUT2D eigenvalue weighted by atomic mass is 32.2. The number of benzene rings is 1. The van der Waals surface area contributed by atoms with E-state index in [9.17, 15) is 4.79 Å². The molecule has 1 amide bonds. The molecule has 0 bridgehead atoms. The summed E-state index contributed by atoms with van der Waals surface area (Å²) < 4.78 is 7.75. The molecule has 6 nitrogen and oxygen atoms in total. The summed E-state index contributed by atoms with van der Waals surface area (Å²) in [5.74, 6) is 1.84. The van der Waals surface area contributed by atoms with E-state index in [4.69, 9.17) is 4.74 Å². The van der Waals surface area contributed by atoms with Crippen molar-refractivity contribution in [3.8, 4) is 0 Å². The van der Waals surface area contributed by atoms with Crippen LogP contribution in [0.15, 0.2) is 35.5 Å². The predicted molar refractivity (Wildman–Crippen MR) is 103 cm³/mol. The van der Waals surface area contributed by atoms with Gasteiger partial charge in [0, 0.05) is 25.0 Å². The van der Waals surface area contributed by atoms with E-state index in [1.807, 2.05) is 35.2 Å². The second-order valence-electron chi connectivity index (χ2n) is 7.56. The number of amides is 1. The first kappa shape index (κ1) is 17.3. The van der Waals surface area contributed by atoms with Crippen LogP contribution in [-0.4, -0.2) is 51.9 Å². The molecule has 2 aliphatic carbocycles. The van der Waals surface area contributed by atoms with Gasteiger partial charge in [0.2, 0.25) is 5.91 Å². The van der Waals surface area contributed by atoms with Crippen LogP contribution in [0.3, 0.4) is 0 Å². The van der Waals surface area contributed by atoms with Crippen LogP contribution in [0, 0.1) is 0 Å². The Morgan fingerprint density at radius 2 is 1.81 bits per heavy atom. The highest BCUT2D eigenvalue weighted by molar-refractivity contribution is 8.00. The summed E-state index contributed by atoms with van der Waals surface area (Å²) in [5, 5.41) is 9.62. The molecule has 0 spiro atoms. The topological polar surface area (TPSA) is 60.2 Å². The van der Waals surface area contributed by atoms with Crippen molar-refractivity contribution in [2.45, 2.75) is 48.0 Å². The Balaban J connectivity index is 1.45. The van der Waals surface area contributed by atoms with Gasteiger partial charge in [0.25, 0.3) is 0 Å². The Bertz CT molecular complexity index is 811. The van der Waals surface area contributed by atoms with Crippen molar-refractivity contribution >= 4 is 17.7 Å². The van der Waals surface area contributed by atoms with Gasteiger partial charge >= 0.3 is 0 Å². The second kappa shape index (κ2) is 7.28. The van der Waals surface area contributed by atoms with Crippen LogP contribution in [0.4, 0.5) is 0 Å². The molecule has 2 heterocycles. The van der Waals surface area contributed by atoms with Crippen LogP contribution in [0.2, 0.25) is 0 Å². The molecule has 142 valence electrons. The van der Waals surface area contributed by atoms with Gasteiger partial charge in [0.05, 0.1) is 13.2 Å². The molecular weight excluding hydrogens is 360 g/mol. The van der Waals surface area contributed by atoms with Gasteiger partial charge in [-0.25, -0.2) is 0 Å². The number of morpholine rings is 1. The molecule has 1 aromatic heterocycles. The van der Waals surface area contributed by atoms with E-state index < -0.39 is 0 Å². The Kier molecular flexibility index (Phi) is 4.65. The quantitative estimate of drug-likeness (QED) is 0.716. The zero-order chi connectivity index (χ0) is 18.2. The first-order chi connectivity index (χ1) is 13.3. The molecule has 1 saturated heterocycles. The second-order valence-corrected chi connectivity index (χ2v) is 8.63. The maximum atomic E-state index is 13.3. The highest BCUT2D eigenvalue weighted by Gasteiger charge is 2.38. The van der Waals surface area contributed by atoms with E-state index in [2.05, 4.69) is 14.8 Å². The van der Waals surface area contributed by atoms with Gasteiger partial charge < -0.3 is 14.2 Å². The van der Waals surface area contributed by atoms with Crippen molar-refractivity contribution in [3.63, 3.8) is 0 Å². The number of thioether (sulfide) groups is 1. The number of carbonyl (C=O) groups is 1. The van der Waals surface area contributed by atoms with Crippen molar-refractivity contribution < 1.29 is 9.53 Å². The fraction of sp³-hybridized carbons (Fsp3) is 0.550. The molecule has 5 rings (SSSR count). The lowest BCUT2D eigenvalue weighted by atomic mass is 10.1. The summed E-state index contributed by atoms with van der Waals surface area (Å²) >= 11 is 1.56. The van der Waals surface area contributed by atoms with E-state index in [0.29, 0.717) is 38.3 Å². The zero-order valence-electron chi connectivity index (χ0n) is 15.3. The normalized spacial score (nSPS) is 21.3. The first-order valence-electron chi connectivity index (χ1n) is 9.84. The molecule has 0 N–H and O–H groups in total. The smallest absolute Gasteiger partial charge is 0.240 e. The molecule has 27 heavy (non-hydrogen) atoms. The maximum Gasteiger partial charge on any atom is 0.240 e. The van der Waals surface area contributed by atoms with Crippen LogP contribution in [0.5, 0.6) is 0 Å². The van der Waals surface area contributed by atoms with E-state index >= 15 is 0 Å². The molecule has 0 radical (unpaired) electrons. The lowest BCUT2D eigenvalue weighted by Gasteiger charge is -2.30. The molecule has 2 saturated carbocycles. The van der Waals surface area contributed by atoms with Gasteiger partial charge in [0.1, 0.15) is 11.1 Å². The summed E-state index contributed by atoms with van der Waals surface area (Å²) in [6.07, 6.45) is 4.81. The largest absolute Gasteiger partial charge is 0.378 e. The SMILES string of the molecule is O=C([C@@H](Sc1nnc(C2CC2)n1C1CC1)c1ccccc1)N1CCOCC1. The third-order valence-electron chi connectivity index (χ3n) is 5.42. The fourth-order valence-corrected chi connectivity index (χ4v) is 4.81. The summed E-state index contributed by atoms with van der Waals surface area (Å²) in [6.45, 7) is 2.54.